The van der Waals surface area contributed by atoms with Crippen LogP contribution in [0.2, 0.25) is 5.02 Å². The van der Waals surface area contributed by atoms with Crippen LogP contribution in [0.4, 0.5) is 11.4 Å². The van der Waals surface area contributed by atoms with Crippen molar-refractivity contribution >= 4 is 62.3 Å². The summed E-state index contributed by atoms with van der Waals surface area (Å²) in [6.07, 6.45) is 3.14. The van der Waals surface area contributed by atoms with Crippen molar-refractivity contribution in [3.63, 3.8) is 0 Å². The summed E-state index contributed by atoms with van der Waals surface area (Å²) in [7, 11) is 0. The van der Waals surface area contributed by atoms with Crippen molar-refractivity contribution in [2.24, 2.45) is 0 Å². The topological polar surface area (TPSA) is 67.4 Å². The van der Waals surface area contributed by atoms with Crippen molar-refractivity contribution in [2.75, 3.05) is 17.2 Å². The molecule has 0 fully saturated rings. The number of carbonyl (C=O) groups excluding carboxylic acids is 2. The first-order valence-electron chi connectivity index (χ1n) is 7.83. The van der Waals surface area contributed by atoms with Crippen molar-refractivity contribution < 1.29 is 14.3 Å². The molecule has 5 nitrogen and oxygen atoms in total. The minimum absolute atomic E-state index is 0.00261. The quantitative estimate of drug-likeness (QED) is 0.651. The lowest BCUT2D eigenvalue weighted by molar-refractivity contribution is -0.118. The van der Waals surface area contributed by atoms with Crippen LogP contribution in [0.5, 0.6) is 5.75 Å². The van der Waals surface area contributed by atoms with Crippen molar-refractivity contribution in [3.05, 3.63) is 58.4 Å². The molecule has 3 aromatic rings. The number of halogens is 1. The molecule has 0 atom stereocenters. The highest BCUT2D eigenvalue weighted by Gasteiger charge is 2.16. The van der Waals surface area contributed by atoms with Crippen LogP contribution >= 0.6 is 22.9 Å². The number of hydrogen-bond acceptors (Lipinski definition) is 4. The third-order valence-corrected chi connectivity index (χ3v) is 5.48. The van der Waals surface area contributed by atoms with E-state index < -0.39 is 0 Å². The second-order valence-corrected chi connectivity index (χ2v) is 7.11. The first-order valence-corrected chi connectivity index (χ1v) is 9.02. The van der Waals surface area contributed by atoms with Gasteiger partial charge in [-0.25, -0.2) is 0 Å². The number of nitrogens with one attached hydrogen (secondary N) is 2. The molecule has 7 heteroatoms. The SMILES string of the molecule is O=C(C=Cc1sc2ccccc2c1Cl)Nc1ccc2c(c1)NC(=O)CO2. The van der Waals surface area contributed by atoms with Gasteiger partial charge in [0.05, 0.1) is 10.7 Å². The van der Waals surface area contributed by atoms with Crippen LogP contribution in [0.25, 0.3) is 16.2 Å². The Morgan fingerprint density at radius 1 is 1.27 bits per heavy atom. The minimum atomic E-state index is -0.290. The molecule has 2 N–H and O–H groups in total. The van der Waals surface area contributed by atoms with Gasteiger partial charge in [-0.15, -0.1) is 11.3 Å². The summed E-state index contributed by atoms with van der Waals surface area (Å²) in [5, 5.41) is 7.08. The van der Waals surface area contributed by atoms with E-state index in [1.807, 2.05) is 24.3 Å². The molecule has 1 aromatic heterocycles. The van der Waals surface area contributed by atoms with Crippen molar-refractivity contribution in [2.45, 2.75) is 0 Å². The summed E-state index contributed by atoms with van der Waals surface area (Å²) in [6, 6.07) is 12.9. The van der Waals surface area contributed by atoms with E-state index in [4.69, 9.17) is 16.3 Å². The lowest BCUT2D eigenvalue weighted by atomic mass is 10.2. The molecular formula is C19H13ClN2O3S. The van der Waals surface area contributed by atoms with Gasteiger partial charge in [-0.1, -0.05) is 29.8 Å². The number of fused-ring (bicyclic) bond motifs is 2. The molecule has 0 bridgehead atoms. The highest BCUT2D eigenvalue weighted by atomic mass is 35.5. The smallest absolute Gasteiger partial charge is 0.262 e. The summed E-state index contributed by atoms with van der Waals surface area (Å²) in [5.41, 5.74) is 1.10. The molecule has 4 rings (SSSR count). The third kappa shape index (κ3) is 3.29. The summed E-state index contributed by atoms with van der Waals surface area (Å²) in [4.78, 5) is 24.4. The van der Waals surface area contributed by atoms with E-state index in [-0.39, 0.29) is 18.4 Å². The number of carbonyl (C=O) groups is 2. The normalized spacial score (nSPS) is 13.3. The fraction of sp³-hybridized carbons (Fsp3) is 0.0526. The Balaban J connectivity index is 1.50. The zero-order chi connectivity index (χ0) is 18.1. The van der Waals surface area contributed by atoms with Crippen LogP contribution in [0.3, 0.4) is 0 Å². The number of hydrogen-bond donors (Lipinski definition) is 2. The second-order valence-electron chi connectivity index (χ2n) is 5.65. The van der Waals surface area contributed by atoms with Crippen molar-refractivity contribution in [1.82, 2.24) is 0 Å². The average molecular weight is 385 g/mol. The van der Waals surface area contributed by atoms with Gasteiger partial charge in [0.2, 0.25) is 5.91 Å². The number of thiophene rings is 1. The summed E-state index contributed by atoms with van der Waals surface area (Å²) < 4.78 is 6.36. The van der Waals surface area contributed by atoms with E-state index >= 15 is 0 Å². The molecular weight excluding hydrogens is 372 g/mol. The molecule has 1 aliphatic rings. The molecule has 2 heterocycles. The van der Waals surface area contributed by atoms with Gasteiger partial charge in [-0.3, -0.25) is 9.59 Å². The van der Waals surface area contributed by atoms with Gasteiger partial charge in [0.1, 0.15) is 5.75 Å². The van der Waals surface area contributed by atoms with E-state index in [9.17, 15) is 9.59 Å². The first-order chi connectivity index (χ1) is 12.6. The Labute approximate surface area is 158 Å². The maximum Gasteiger partial charge on any atom is 0.262 e. The maximum absolute atomic E-state index is 12.2. The molecule has 0 saturated carbocycles. The van der Waals surface area contributed by atoms with E-state index in [1.54, 1.807) is 24.3 Å². The molecule has 0 aliphatic carbocycles. The Bertz CT molecular complexity index is 1060. The Morgan fingerprint density at radius 2 is 2.12 bits per heavy atom. The monoisotopic (exact) mass is 384 g/mol. The minimum Gasteiger partial charge on any atom is -0.482 e. The summed E-state index contributed by atoms with van der Waals surface area (Å²) in [6.45, 7) is -0.00261. The van der Waals surface area contributed by atoms with Crippen LogP contribution in [-0.4, -0.2) is 18.4 Å². The third-order valence-electron chi connectivity index (χ3n) is 3.83. The standard InChI is InChI=1S/C19H13ClN2O3S/c20-19-12-3-1-2-4-15(12)26-16(19)7-8-17(23)21-11-5-6-14-13(9-11)22-18(24)10-25-14/h1-9H,10H2,(H,21,23)(H,22,24). The lowest BCUT2D eigenvalue weighted by Crippen LogP contribution is -2.25. The van der Waals surface area contributed by atoms with Gasteiger partial charge >= 0.3 is 0 Å². The van der Waals surface area contributed by atoms with Crippen LogP contribution in [-0.2, 0) is 9.59 Å². The van der Waals surface area contributed by atoms with E-state index in [0.29, 0.717) is 22.1 Å². The van der Waals surface area contributed by atoms with Crippen LogP contribution in [0.15, 0.2) is 48.5 Å². The molecule has 0 saturated heterocycles. The molecule has 2 aromatic carbocycles. The number of benzene rings is 2. The lowest BCUT2D eigenvalue weighted by Gasteiger charge is -2.18. The maximum atomic E-state index is 12.2. The van der Waals surface area contributed by atoms with E-state index in [2.05, 4.69) is 10.6 Å². The summed E-state index contributed by atoms with van der Waals surface area (Å²) >= 11 is 7.90. The van der Waals surface area contributed by atoms with Crippen LogP contribution in [0.1, 0.15) is 4.88 Å². The molecule has 0 unspecified atom stereocenters. The Hall–Kier alpha value is -2.83. The highest BCUT2D eigenvalue weighted by molar-refractivity contribution is 7.20. The number of rotatable bonds is 3. The molecule has 1 aliphatic heterocycles. The van der Waals surface area contributed by atoms with Crippen LogP contribution < -0.4 is 15.4 Å². The van der Waals surface area contributed by atoms with Gasteiger partial charge in [0.25, 0.3) is 5.91 Å². The molecule has 26 heavy (non-hydrogen) atoms. The van der Waals surface area contributed by atoms with Gasteiger partial charge in [-0.2, -0.15) is 0 Å². The van der Waals surface area contributed by atoms with Crippen LogP contribution in [0, 0.1) is 0 Å². The fourth-order valence-corrected chi connectivity index (χ4v) is 4.04. The molecule has 2 amide bonds. The van der Waals surface area contributed by atoms with Crippen molar-refractivity contribution in [1.29, 1.82) is 0 Å². The Morgan fingerprint density at radius 3 is 2.96 bits per heavy atom. The molecule has 0 radical (unpaired) electrons. The number of ether oxygens (including phenoxy) is 1. The second kappa shape index (κ2) is 6.82. The fourth-order valence-electron chi connectivity index (χ4n) is 2.64. The largest absolute Gasteiger partial charge is 0.482 e. The molecule has 0 spiro atoms. The van der Waals surface area contributed by atoms with Gasteiger partial charge in [0.15, 0.2) is 6.61 Å². The average Bonchev–Trinajstić information content (AvgIpc) is 2.96. The van der Waals surface area contributed by atoms with Gasteiger partial charge < -0.3 is 15.4 Å². The molecule has 130 valence electrons. The zero-order valence-corrected chi connectivity index (χ0v) is 15.0. The van der Waals surface area contributed by atoms with Gasteiger partial charge in [0, 0.05) is 26.7 Å². The highest BCUT2D eigenvalue weighted by Crippen LogP contribution is 2.36. The summed E-state index contributed by atoms with van der Waals surface area (Å²) in [5.74, 6) is 0.0667. The first kappa shape index (κ1) is 16.6. The predicted molar refractivity (Wildman–Crippen MR) is 105 cm³/mol. The number of anilines is 2. The van der Waals surface area contributed by atoms with Gasteiger partial charge in [-0.05, 0) is 30.3 Å². The Kier molecular flexibility index (Phi) is 4.36. The predicted octanol–water partition coefficient (Wildman–Crippen LogP) is 4.54. The van der Waals surface area contributed by atoms with E-state index in [1.165, 1.54) is 17.4 Å². The number of amides is 2. The van der Waals surface area contributed by atoms with E-state index in [0.717, 1.165) is 15.0 Å². The van der Waals surface area contributed by atoms with Crippen molar-refractivity contribution in [3.8, 4) is 5.75 Å². The zero-order valence-electron chi connectivity index (χ0n) is 13.4.